The standard InChI is InChI=1S/C14H23NO3/c1-4-14(5-2,10-16)15-9-11-8-12(18-3)6-7-13(11)17/h6-8,15-17H,4-5,9-10H2,1-3H3. The minimum Gasteiger partial charge on any atom is -0.508 e. The highest BCUT2D eigenvalue weighted by molar-refractivity contribution is 5.39. The molecular formula is C14H23NO3. The molecule has 0 saturated carbocycles. The Hall–Kier alpha value is -1.26. The van der Waals surface area contributed by atoms with Crippen LogP contribution in [0.2, 0.25) is 0 Å². The molecule has 0 heterocycles. The molecule has 102 valence electrons. The Kier molecular flexibility index (Phi) is 5.44. The van der Waals surface area contributed by atoms with E-state index < -0.39 is 0 Å². The lowest BCUT2D eigenvalue weighted by Crippen LogP contribution is -2.47. The lowest BCUT2D eigenvalue weighted by Gasteiger charge is -2.31. The topological polar surface area (TPSA) is 61.7 Å². The molecule has 18 heavy (non-hydrogen) atoms. The van der Waals surface area contributed by atoms with Gasteiger partial charge < -0.3 is 20.3 Å². The van der Waals surface area contributed by atoms with E-state index in [-0.39, 0.29) is 17.9 Å². The average Bonchev–Trinajstić information content (AvgIpc) is 2.42. The minimum absolute atomic E-state index is 0.0880. The minimum atomic E-state index is -0.282. The Morgan fingerprint density at radius 3 is 2.44 bits per heavy atom. The number of phenolic OH excluding ortho intramolecular Hbond substituents is 1. The summed E-state index contributed by atoms with van der Waals surface area (Å²) in [5.41, 5.74) is 0.490. The largest absolute Gasteiger partial charge is 0.508 e. The summed E-state index contributed by atoms with van der Waals surface area (Å²) in [5.74, 6) is 0.953. The van der Waals surface area contributed by atoms with Gasteiger partial charge in [-0.1, -0.05) is 13.8 Å². The predicted molar refractivity (Wildman–Crippen MR) is 71.9 cm³/mol. The molecule has 0 atom stereocenters. The zero-order valence-corrected chi connectivity index (χ0v) is 11.4. The molecule has 0 aliphatic rings. The summed E-state index contributed by atoms with van der Waals surface area (Å²) >= 11 is 0. The number of hydrogen-bond acceptors (Lipinski definition) is 4. The van der Waals surface area contributed by atoms with Gasteiger partial charge in [0, 0.05) is 17.6 Å². The summed E-state index contributed by atoms with van der Waals surface area (Å²) in [6.07, 6.45) is 1.68. The molecule has 3 N–H and O–H groups in total. The van der Waals surface area contributed by atoms with Gasteiger partial charge in [0.05, 0.1) is 13.7 Å². The van der Waals surface area contributed by atoms with Crippen molar-refractivity contribution in [2.24, 2.45) is 0 Å². The maximum absolute atomic E-state index is 9.79. The maximum Gasteiger partial charge on any atom is 0.120 e. The van der Waals surface area contributed by atoms with Crippen molar-refractivity contribution < 1.29 is 14.9 Å². The van der Waals surface area contributed by atoms with Gasteiger partial charge in [-0.15, -0.1) is 0 Å². The van der Waals surface area contributed by atoms with Crippen LogP contribution in [0.15, 0.2) is 18.2 Å². The van der Waals surface area contributed by atoms with Crippen LogP contribution in [0, 0.1) is 0 Å². The summed E-state index contributed by atoms with van der Waals surface area (Å²) in [7, 11) is 1.60. The van der Waals surface area contributed by atoms with E-state index in [9.17, 15) is 10.2 Å². The molecular weight excluding hydrogens is 230 g/mol. The Balaban J connectivity index is 2.78. The Bertz CT molecular complexity index is 367. The molecule has 1 aromatic carbocycles. The normalized spacial score (nSPS) is 11.6. The highest BCUT2D eigenvalue weighted by Gasteiger charge is 2.24. The smallest absolute Gasteiger partial charge is 0.120 e. The Morgan fingerprint density at radius 1 is 1.28 bits per heavy atom. The molecule has 0 amide bonds. The van der Waals surface area contributed by atoms with Crippen molar-refractivity contribution in [1.82, 2.24) is 5.32 Å². The van der Waals surface area contributed by atoms with Gasteiger partial charge in [0.25, 0.3) is 0 Å². The number of aliphatic hydroxyl groups excluding tert-OH is 1. The molecule has 0 radical (unpaired) electrons. The zero-order chi connectivity index (χ0) is 13.6. The second kappa shape index (κ2) is 6.61. The van der Waals surface area contributed by atoms with E-state index in [0.717, 1.165) is 18.4 Å². The summed E-state index contributed by atoms with van der Waals surface area (Å²) < 4.78 is 5.13. The van der Waals surface area contributed by atoms with Gasteiger partial charge >= 0.3 is 0 Å². The van der Waals surface area contributed by atoms with Crippen molar-refractivity contribution in [3.63, 3.8) is 0 Å². The fraction of sp³-hybridized carbons (Fsp3) is 0.571. The molecule has 1 rings (SSSR count). The molecule has 0 aliphatic heterocycles. The highest BCUT2D eigenvalue weighted by atomic mass is 16.5. The van der Waals surface area contributed by atoms with Gasteiger partial charge in [0.1, 0.15) is 11.5 Å². The van der Waals surface area contributed by atoms with Crippen LogP contribution in [-0.4, -0.2) is 29.5 Å². The molecule has 4 heteroatoms. The summed E-state index contributed by atoms with van der Waals surface area (Å²) in [5, 5.41) is 22.6. The van der Waals surface area contributed by atoms with Crippen LogP contribution < -0.4 is 10.1 Å². The van der Waals surface area contributed by atoms with Crippen LogP contribution in [0.4, 0.5) is 0 Å². The van der Waals surface area contributed by atoms with Gasteiger partial charge in [0.15, 0.2) is 0 Å². The second-order valence-electron chi connectivity index (χ2n) is 4.49. The van der Waals surface area contributed by atoms with Crippen molar-refractivity contribution in [2.75, 3.05) is 13.7 Å². The number of nitrogens with one attached hydrogen (secondary N) is 1. The fourth-order valence-electron chi connectivity index (χ4n) is 1.89. The number of hydrogen-bond donors (Lipinski definition) is 3. The molecule has 4 nitrogen and oxygen atoms in total. The van der Waals surface area contributed by atoms with E-state index in [1.165, 1.54) is 0 Å². The fourth-order valence-corrected chi connectivity index (χ4v) is 1.89. The number of aliphatic hydroxyl groups is 1. The third kappa shape index (κ3) is 3.37. The van der Waals surface area contributed by atoms with Crippen LogP contribution >= 0.6 is 0 Å². The van der Waals surface area contributed by atoms with Gasteiger partial charge in [-0.2, -0.15) is 0 Å². The number of benzene rings is 1. The number of rotatable bonds is 7. The van der Waals surface area contributed by atoms with Crippen LogP contribution in [0.1, 0.15) is 32.3 Å². The molecule has 0 bridgehead atoms. The van der Waals surface area contributed by atoms with Gasteiger partial charge in [-0.25, -0.2) is 0 Å². The molecule has 0 unspecified atom stereocenters. The molecule has 0 spiro atoms. The summed E-state index contributed by atoms with van der Waals surface area (Å²) in [6.45, 7) is 4.67. The van der Waals surface area contributed by atoms with Gasteiger partial charge in [-0.05, 0) is 31.0 Å². The van der Waals surface area contributed by atoms with E-state index in [4.69, 9.17) is 4.74 Å². The first-order valence-electron chi connectivity index (χ1n) is 6.32. The van der Waals surface area contributed by atoms with E-state index in [1.807, 2.05) is 13.8 Å². The van der Waals surface area contributed by atoms with E-state index in [2.05, 4.69) is 5.32 Å². The SMILES string of the molecule is CCC(CC)(CO)NCc1cc(OC)ccc1O. The second-order valence-corrected chi connectivity index (χ2v) is 4.49. The van der Waals surface area contributed by atoms with Crippen molar-refractivity contribution in [3.05, 3.63) is 23.8 Å². The third-order valence-electron chi connectivity index (χ3n) is 3.60. The van der Waals surface area contributed by atoms with Gasteiger partial charge in [0.2, 0.25) is 0 Å². The van der Waals surface area contributed by atoms with E-state index in [0.29, 0.717) is 12.3 Å². The first-order chi connectivity index (χ1) is 8.60. The van der Waals surface area contributed by atoms with E-state index >= 15 is 0 Å². The van der Waals surface area contributed by atoms with Crippen LogP contribution in [0.5, 0.6) is 11.5 Å². The van der Waals surface area contributed by atoms with Crippen molar-refractivity contribution >= 4 is 0 Å². The first kappa shape index (κ1) is 14.8. The predicted octanol–water partition coefficient (Wildman–Crippen LogP) is 2.04. The molecule has 0 aliphatic carbocycles. The molecule has 0 fully saturated rings. The number of methoxy groups -OCH3 is 1. The van der Waals surface area contributed by atoms with Crippen molar-refractivity contribution in [2.45, 2.75) is 38.8 Å². The highest BCUT2D eigenvalue weighted by Crippen LogP contribution is 2.24. The van der Waals surface area contributed by atoms with E-state index in [1.54, 1.807) is 25.3 Å². The van der Waals surface area contributed by atoms with Gasteiger partial charge in [-0.3, -0.25) is 0 Å². The summed E-state index contributed by atoms with van der Waals surface area (Å²) in [4.78, 5) is 0. The van der Waals surface area contributed by atoms with Crippen LogP contribution in [-0.2, 0) is 6.54 Å². The monoisotopic (exact) mass is 253 g/mol. The Labute approximate surface area is 109 Å². The van der Waals surface area contributed by atoms with Crippen LogP contribution in [0.3, 0.4) is 0 Å². The zero-order valence-electron chi connectivity index (χ0n) is 11.4. The summed E-state index contributed by atoms with van der Waals surface area (Å²) in [6, 6.07) is 5.14. The first-order valence-corrected chi connectivity index (χ1v) is 6.32. The number of phenols is 1. The molecule has 1 aromatic rings. The Morgan fingerprint density at radius 2 is 1.94 bits per heavy atom. The lowest BCUT2D eigenvalue weighted by atomic mass is 9.93. The van der Waals surface area contributed by atoms with Crippen molar-refractivity contribution in [3.8, 4) is 11.5 Å². The maximum atomic E-state index is 9.79. The van der Waals surface area contributed by atoms with Crippen LogP contribution in [0.25, 0.3) is 0 Å². The number of ether oxygens (including phenoxy) is 1. The number of aromatic hydroxyl groups is 1. The van der Waals surface area contributed by atoms with Crippen molar-refractivity contribution in [1.29, 1.82) is 0 Å². The third-order valence-corrected chi connectivity index (χ3v) is 3.60. The molecule has 0 saturated heterocycles. The lowest BCUT2D eigenvalue weighted by molar-refractivity contribution is 0.149. The molecule has 0 aromatic heterocycles. The quantitative estimate of drug-likeness (QED) is 0.696. The average molecular weight is 253 g/mol.